The molecule has 0 saturated carbocycles. The Bertz CT molecular complexity index is 1050. The van der Waals surface area contributed by atoms with Gasteiger partial charge in [-0.05, 0) is 62.1 Å². The Balaban J connectivity index is 1.59. The van der Waals surface area contributed by atoms with Crippen molar-refractivity contribution >= 4 is 11.8 Å². The fraction of sp³-hybridized carbons (Fsp3) is 0.444. The predicted octanol–water partition coefficient (Wildman–Crippen LogP) is 5.10. The molecule has 34 heavy (non-hydrogen) atoms. The molecule has 2 atom stereocenters. The molecule has 0 spiro atoms. The molecule has 0 N–H and O–H groups in total. The van der Waals surface area contributed by atoms with Gasteiger partial charge in [-0.1, -0.05) is 30.0 Å². The minimum Gasteiger partial charge on any atom is -0.497 e. The molecule has 0 radical (unpaired) electrons. The zero-order chi connectivity index (χ0) is 23.8. The first-order valence-electron chi connectivity index (χ1n) is 11.9. The summed E-state index contributed by atoms with van der Waals surface area (Å²) in [6, 6.07) is 12.8. The number of methoxy groups -OCH3 is 2. The van der Waals surface area contributed by atoms with Crippen LogP contribution in [0.4, 0.5) is 0 Å². The predicted molar refractivity (Wildman–Crippen MR) is 138 cm³/mol. The Hall–Kier alpha value is -2.48. The van der Waals surface area contributed by atoms with E-state index in [4.69, 9.17) is 14.5 Å². The molecular weight excluding hydrogens is 444 g/mol. The lowest BCUT2D eigenvalue weighted by atomic mass is 9.89. The zero-order valence-corrected chi connectivity index (χ0v) is 21.1. The van der Waals surface area contributed by atoms with Crippen LogP contribution in [-0.2, 0) is 11.2 Å². The van der Waals surface area contributed by atoms with Gasteiger partial charge in [0.15, 0.2) is 5.16 Å². The van der Waals surface area contributed by atoms with E-state index < -0.39 is 0 Å². The van der Waals surface area contributed by atoms with Crippen LogP contribution < -0.4 is 4.74 Å². The largest absolute Gasteiger partial charge is 0.497 e. The molecular formula is C27H34N4O2S. The number of ether oxygens (including phenoxy) is 2. The van der Waals surface area contributed by atoms with Crippen LogP contribution in [0.5, 0.6) is 5.75 Å². The van der Waals surface area contributed by atoms with E-state index >= 15 is 0 Å². The van der Waals surface area contributed by atoms with Crippen molar-refractivity contribution in [3.8, 4) is 16.9 Å². The van der Waals surface area contributed by atoms with Gasteiger partial charge >= 0.3 is 0 Å². The van der Waals surface area contributed by atoms with Gasteiger partial charge in [-0.2, -0.15) is 0 Å². The number of benzene rings is 1. The lowest BCUT2D eigenvalue weighted by molar-refractivity contribution is 0.155. The van der Waals surface area contributed by atoms with Gasteiger partial charge in [0.1, 0.15) is 5.75 Å². The lowest BCUT2D eigenvalue weighted by Crippen LogP contribution is -2.41. The van der Waals surface area contributed by atoms with E-state index in [2.05, 4.69) is 40.0 Å². The lowest BCUT2D eigenvalue weighted by Gasteiger charge is -2.37. The van der Waals surface area contributed by atoms with Gasteiger partial charge in [0, 0.05) is 55.5 Å². The second-order valence-electron chi connectivity index (χ2n) is 8.77. The zero-order valence-electron chi connectivity index (χ0n) is 20.3. The van der Waals surface area contributed by atoms with Crippen molar-refractivity contribution in [3.05, 3.63) is 66.2 Å². The minimum absolute atomic E-state index is 0.357. The number of rotatable bonds is 10. The number of pyridine rings is 1. The molecule has 1 saturated heterocycles. The molecule has 3 heterocycles. The highest BCUT2D eigenvalue weighted by Gasteiger charge is 2.28. The molecule has 2 aromatic heterocycles. The van der Waals surface area contributed by atoms with Crippen LogP contribution in [0.25, 0.3) is 11.1 Å². The molecule has 1 aliphatic heterocycles. The average molecular weight is 479 g/mol. The molecule has 0 bridgehead atoms. The SMILES string of the molecule is COCCSc1ncc(-c2cccc(OC)c2)c([C@@H]2CCCN([C@@H](C)Cc3cccnc3)C2)n1. The van der Waals surface area contributed by atoms with Crippen LogP contribution in [0.2, 0.25) is 0 Å². The summed E-state index contributed by atoms with van der Waals surface area (Å²) in [5.74, 6) is 2.04. The fourth-order valence-corrected chi connectivity index (χ4v) is 5.33. The van der Waals surface area contributed by atoms with E-state index in [-0.39, 0.29) is 0 Å². The summed E-state index contributed by atoms with van der Waals surface area (Å²) in [5.41, 5.74) is 4.62. The maximum absolute atomic E-state index is 5.48. The van der Waals surface area contributed by atoms with Gasteiger partial charge < -0.3 is 9.47 Å². The Labute approximate surface area is 207 Å². The normalized spacial score (nSPS) is 17.4. The van der Waals surface area contributed by atoms with Crippen molar-refractivity contribution in [3.63, 3.8) is 0 Å². The number of piperidine rings is 1. The summed E-state index contributed by atoms with van der Waals surface area (Å²) < 4.78 is 10.7. The average Bonchev–Trinajstić information content (AvgIpc) is 2.89. The number of hydrogen-bond acceptors (Lipinski definition) is 7. The van der Waals surface area contributed by atoms with Crippen molar-refractivity contribution < 1.29 is 9.47 Å². The summed E-state index contributed by atoms with van der Waals surface area (Å²) in [5, 5.41) is 0.819. The van der Waals surface area contributed by atoms with Crippen LogP contribution in [0.15, 0.2) is 60.1 Å². The second kappa shape index (κ2) is 12.3. The van der Waals surface area contributed by atoms with Gasteiger partial charge in [0.2, 0.25) is 0 Å². The Morgan fingerprint density at radius 2 is 2.09 bits per heavy atom. The number of hydrogen-bond donors (Lipinski definition) is 0. The van der Waals surface area contributed by atoms with Crippen molar-refractivity contribution in [2.75, 3.05) is 39.7 Å². The number of likely N-dealkylation sites (tertiary alicyclic amines) is 1. The van der Waals surface area contributed by atoms with Crippen LogP contribution in [-0.4, -0.2) is 65.6 Å². The first-order chi connectivity index (χ1) is 16.7. The van der Waals surface area contributed by atoms with Gasteiger partial charge in [0.25, 0.3) is 0 Å². The Kier molecular flexibility index (Phi) is 8.91. The molecule has 180 valence electrons. The standard InChI is InChI=1S/C27H34N4O2S/c1-20(15-21-7-5-11-28-17-21)31-12-6-9-23(19-31)26-25(22-8-4-10-24(16-22)33-3)18-29-27(30-26)34-14-13-32-2/h4-5,7-8,10-11,16-18,20,23H,6,9,12-15,19H2,1-3H3/t20-,23+/m0/s1. The minimum atomic E-state index is 0.357. The maximum atomic E-state index is 5.48. The maximum Gasteiger partial charge on any atom is 0.187 e. The monoisotopic (exact) mass is 478 g/mol. The topological polar surface area (TPSA) is 60.4 Å². The van der Waals surface area contributed by atoms with Crippen molar-refractivity contribution in [1.82, 2.24) is 19.9 Å². The fourth-order valence-electron chi connectivity index (χ4n) is 4.61. The first-order valence-corrected chi connectivity index (χ1v) is 12.9. The van der Waals surface area contributed by atoms with Crippen LogP contribution >= 0.6 is 11.8 Å². The summed E-state index contributed by atoms with van der Waals surface area (Å²) in [4.78, 5) is 16.7. The third kappa shape index (κ3) is 6.34. The van der Waals surface area contributed by atoms with Crippen LogP contribution in [0, 0.1) is 0 Å². The summed E-state index contributed by atoms with van der Waals surface area (Å²) in [6.45, 7) is 5.12. The smallest absolute Gasteiger partial charge is 0.187 e. The summed E-state index contributed by atoms with van der Waals surface area (Å²) in [7, 11) is 3.43. The quantitative estimate of drug-likeness (QED) is 0.228. The second-order valence-corrected chi connectivity index (χ2v) is 9.84. The summed E-state index contributed by atoms with van der Waals surface area (Å²) in [6.07, 6.45) is 9.10. The van der Waals surface area contributed by atoms with E-state index in [1.165, 1.54) is 5.56 Å². The third-order valence-electron chi connectivity index (χ3n) is 6.41. The van der Waals surface area contributed by atoms with Gasteiger partial charge in [-0.3, -0.25) is 9.88 Å². The molecule has 1 fully saturated rings. The molecule has 0 amide bonds. The van der Waals surface area contributed by atoms with E-state index in [1.807, 2.05) is 36.8 Å². The van der Waals surface area contributed by atoms with Crippen molar-refractivity contribution in [2.45, 2.75) is 43.3 Å². The Morgan fingerprint density at radius 3 is 2.88 bits per heavy atom. The van der Waals surface area contributed by atoms with E-state index in [9.17, 15) is 0 Å². The van der Waals surface area contributed by atoms with Crippen LogP contribution in [0.3, 0.4) is 0 Å². The van der Waals surface area contributed by atoms with Crippen molar-refractivity contribution in [1.29, 1.82) is 0 Å². The molecule has 1 aliphatic rings. The summed E-state index contributed by atoms with van der Waals surface area (Å²) >= 11 is 1.65. The molecule has 7 heteroatoms. The Morgan fingerprint density at radius 1 is 1.18 bits per heavy atom. The number of thioether (sulfide) groups is 1. The molecule has 0 aliphatic carbocycles. The number of aromatic nitrogens is 3. The van der Waals surface area contributed by atoms with Gasteiger partial charge in [-0.25, -0.2) is 9.97 Å². The molecule has 0 unspecified atom stereocenters. The molecule has 3 aromatic rings. The van der Waals surface area contributed by atoms with Crippen molar-refractivity contribution in [2.24, 2.45) is 0 Å². The van der Waals surface area contributed by atoms with Gasteiger partial charge in [-0.15, -0.1) is 0 Å². The number of nitrogens with zero attached hydrogens (tertiary/aromatic N) is 4. The highest BCUT2D eigenvalue weighted by atomic mass is 32.2. The first kappa shape index (κ1) is 24.6. The van der Waals surface area contributed by atoms with Gasteiger partial charge in [0.05, 0.1) is 19.4 Å². The highest BCUT2D eigenvalue weighted by molar-refractivity contribution is 7.99. The van der Waals surface area contributed by atoms with E-state index in [0.29, 0.717) is 18.6 Å². The van der Waals surface area contributed by atoms with E-state index in [1.54, 1.807) is 26.0 Å². The van der Waals surface area contributed by atoms with E-state index in [0.717, 1.165) is 65.8 Å². The van der Waals surface area contributed by atoms with Crippen LogP contribution in [0.1, 0.15) is 36.9 Å². The molecule has 1 aromatic carbocycles. The third-order valence-corrected chi connectivity index (χ3v) is 7.24. The molecule has 4 rings (SSSR count). The molecule has 6 nitrogen and oxygen atoms in total. The highest BCUT2D eigenvalue weighted by Crippen LogP contribution is 2.35.